The summed E-state index contributed by atoms with van der Waals surface area (Å²) in [6.07, 6.45) is 10.2. The molecule has 0 unspecified atom stereocenters. The molecule has 1 amide bonds. The predicted octanol–water partition coefficient (Wildman–Crippen LogP) is 6.17. The average molecular weight is 360 g/mol. The molecule has 1 fully saturated rings. The Morgan fingerprint density at radius 2 is 1.77 bits per heavy atom. The topological polar surface area (TPSA) is 38.8 Å². The molecule has 0 aliphatic heterocycles. The van der Waals surface area contributed by atoms with Crippen LogP contribution in [0.2, 0.25) is 0 Å². The molecule has 0 aromatic heterocycles. The van der Waals surface area contributed by atoms with Crippen molar-refractivity contribution in [3.63, 3.8) is 0 Å². The van der Waals surface area contributed by atoms with Gasteiger partial charge in [0.2, 0.25) is 0 Å². The Bertz CT molecular complexity index is 595. The van der Waals surface area contributed by atoms with Crippen LogP contribution in [0.5, 0.6) is 5.75 Å². The normalized spacial score (nSPS) is 17.1. The third-order valence-electron chi connectivity index (χ3n) is 4.87. The van der Waals surface area contributed by atoms with Crippen molar-refractivity contribution in [3.8, 4) is 5.75 Å². The zero-order valence-corrected chi connectivity index (χ0v) is 16.8. The van der Waals surface area contributed by atoms with Crippen molar-refractivity contribution in [3.05, 3.63) is 36.5 Å². The molecule has 1 saturated carbocycles. The number of nitrogens with zero attached hydrogens (tertiary/aromatic N) is 1. The Labute approximate surface area is 158 Å². The fourth-order valence-electron chi connectivity index (χ4n) is 3.35. The number of carbonyl (C=O) groups is 1. The summed E-state index contributed by atoms with van der Waals surface area (Å²) in [4.78, 5) is 14.3. The van der Waals surface area contributed by atoms with Crippen molar-refractivity contribution in [2.75, 3.05) is 12.0 Å². The predicted molar refractivity (Wildman–Crippen MR) is 107 cm³/mol. The minimum Gasteiger partial charge on any atom is -0.497 e. The maximum Gasteiger partial charge on any atom is 0.418 e. The Morgan fingerprint density at radius 3 is 2.31 bits per heavy atom. The second-order valence-electron chi connectivity index (χ2n) is 8.15. The molecule has 4 nitrogen and oxygen atoms in total. The highest BCUT2D eigenvalue weighted by Gasteiger charge is 2.23. The van der Waals surface area contributed by atoms with E-state index in [9.17, 15) is 4.79 Å². The standard InChI is InChI=1S/C22H33NO3/c1-17(18-9-7-6-8-10-18)15-16-23(21(24)26-22(2,3)4)19-11-13-20(25-5)14-12-19/h11-18H,6-10H2,1-5H3/b16-15+/t17-/m1/s1. The largest absolute Gasteiger partial charge is 0.497 e. The van der Waals surface area contributed by atoms with E-state index in [2.05, 4.69) is 13.0 Å². The lowest BCUT2D eigenvalue weighted by atomic mass is 9.81. The molecule has 0 saturated heterocycles. The highest BCUT2D eigenvalue weighted by Crippen LogP contribution is 2.31. The fraction of sp³-hybridized carbons (Fsp3) is 0.591. The number of benzene rings is 1. The zero-order chi connectivity index (χ0) is 19.2. The summed E-state index contributed by atoms with van der Waals surface area (Å²) in [6.45, 7) is 7.89. The summed E-state index contributed by atoms with van der Waals surface area (Å²) in [5, 5.41) is 0. The van der Waals surface area contributed by atoms with Crippen molar-refractivity contribution in [1.29, 1.82) is 0 Å². The van der Waals surface area contributed by atoms with Gasteiger partial charge in [0.05, 0.1) is 12.8 Å². The summed E-state index contributed by atoms with van der Waals surface area (Å²) in [7, 11) is 1.63. The highest BCUT2D eigenvalue weighted by molar-refractivity contribution is 5.89. The Hall–Kier alpha value is -1.97. The average Bonchev–Trinajstić information content (AvgIpc) is 2.61. The second kappa shape index (κ2) is 9.11. The van der Waals surface area contributed by atoms with Gasteiger partial charge in [0.25, 0.3) is 0 Å². The molecule has 1 aromatic carbocycles. The van der Waals surface area contributed by atoms with Gasteiger partial charge in [-0.1, -0.05) is 32.3 Å². The van der Waals surface area contributed by atoms with Gasteiger partial charge in [0.15, 0.2) is 0 Å². The smallest absolute Gasteiger partial charge is 0.418 e. The molecule has 0 heterocycles. The molecule has 0 spiro atoms. The molecule has 1 aromatic rings. The number of carbonyl (C=O) groups excluding carboxylic acids is 1. The second-order valence-corrected chi connectivity index (χ2v) is 8.15. The number of hydrogen-bond donors (Lipinski definition) is 0. The van der Waals surface area contributed by atoms with Crippen molar-refractivity contribution in [1.82, 2.24) is 0 Å². The molecule has 1 atom stereocenters. The lowest BCUT2D eigenvalue weighted by molar-refractivity contribution is 0.0596. The minimum atomic E-state index is -0.537. The lowest BCUT2D eigenvalue weighted by Gasteiger charge is -2.27. The number of allylic oxidation sites excluding steroid dienone is 1. The van der Waals surface area contributed by atoms with Crippen LogP contribution in [0.25, 0.3) is 0 Å². The van der Waals surface area contributed by atoms with Crippen LogP contribution in [0.1, 0.15) is 59.8 Å². The molecule has 1 aliphatic carbocycles. The first-order valence-electron chi connectivity index (χ1n) is 9.65. The molecule has 144 valence electrons. The first kappa shape index (κ1) is 20.3. The fourth-order valence-corrected chi connectivity index (χ4v) is 3.35. The van der Waals surface area contributed by atoms with Crippen LogP contribution < -0.4 is 9.64 Å². The maximum atomic E-state index is 12.7. The first-order chi connectivity index (χ1) is 12.3. The van der Waals surface area contributed by atoms with E-state index in [1.165, 1.54) is 32.1 Å². The molecule has 2 rings (SSSR count). The van der Waals surface area contributed by atoms with Gasteiger partial charge in [-0.2, -0.15) is 0 Å². The van der Waals surface area contributed by atoms with E-state index in [-0.39, 0.29) is 6.09 Å². The minimum absolute atomic E-state index is 0.366. The van der Waals surface area contributed by atoms with E-state index in [1.54, 1.807) is 12.0 Å². The van der Waals surface area contributed by atoms with Crippen LogP contribution in [0.3, 0.4) is 0 Å². The van der Waals surface area contributed by atoms with E-state index in [0.29, 0.717) is 11.8 Å². The van der Waals surface area contributed by atoms with Gasteiger partial charge in [-0.05, 0) is 69.7 Å². The van der Waals surface area contributed by atoms with Gasteiger partial charge < -0.3 is 9.47 Å². The van der Waals surface area contributed by atoms with Crippen molar-refractivity contribution < 1.29 is 14.3 Å². The number of hydrogen-bond acceptors (Lipinski definition) is 3. The van der Waals surface area contributed by atoms with Crippen LogP contribution in [0, 0.1) is 11.8 Å². The van der Waals surface area contributed by atoms with Gasteiger partial charge in [-0.3, -0.25) is 4.90 Å². The highest BCUT2D eigenvalue weighted by atomic mass is 16.6. The van der Waals surface area contributed by atoms with Crippen molar-refractivity contribution in [2.45, 2.75) is 65.4 Å². The van der Waals surface area contributed by atoms with E-state index < -0.39 is 5.60 Å². The number of methoxy groups -OCH3 is 1. The lowest BCUT2D eigenvalue weighted by Crippen LogP contribution is -2.33. The number of ether oxygens (including phenoxy) is 2. The van der Waals surface area contributed by atoms with Gasteiger partial charge in [-0.15, -0.1) is 0 Å². The quantitative estimate of drug-likeness (QED) is 0.631. The van der Waals surface area contributed by atoms with Crippen LogP contribution in [0.15, 0.2) is 36.5 Å². The van der Waals surface area contributed by atoms with Crippen LogP contribution in [-0.4, -0.2) is 18.8 Å². The molecular weight excluding hydrogens is 326 g/mol. The number of rotatable bonds is 5. The Morgan fingerprint density at radius 1 is 1.15 bits per heavy atom. The Balaban J connectivity index is 2.18. The molecule has 1 aliphatic rings. The van der Waals surface area contributed by atoms with Crippen LogP contribution in [-0.2, 0) is 4.74 Å². The third-order valence-corrected chi connectivity index (χ3v) is 4.87. The van der Waals surface area contributed by atoms with Crippen LogP contribution in [0.4, 0.5) is 10.5 Å². The summed E-state index contributed by atoms with van der Waals surface area (Å²) >= 11 is 0. The summed E-state index contributed by atoms with van der Waals surface area (Å²) < 4.78 is 10.8. The molecular formula is C22H33NO3. The van der Waals surface area contributed by atoms with E-state index in [0.717, 1.165) is 11.4 Å². The first-order valence-corrected chi connectivity index (χ1v) is 9.65. The molecule has 0 radical (unpaired) electrons. The third kappa shape index (κ3) is 6.08. The SMILES string of the molecule is COc1ccc(N(/C=C/[C@@H](C)C2CCCCC2)C(=O)OC(C)(C)C)cc1. The van der Waals surface area contributed by atoms with Crippen molar-refractivity contribution >= 4 is 11.8 Å². The number of amides is 1. The molecule has 26 heavy (non-hydrogen) atoms. The molecule has 0 N–H and O–H groups in total. The van der Waals surface area contributed by atoms with E-state index >= 15 is 0 Å². The van der Waals surface area contributed by atoms with Gasteiger partial charge in [0.1, 0.15) is 11.4 Å². The summed E-state index contributed by atoms with van der Waals surface area (Å²) in [6, 6.07) is 7.45. The van der Waals surface area contributed by atoms with E-state index in [4.69, 9.17) is 9.47 Å². The maximum absolute atomic E-state index is 12.7. The van der Waals surface area contributed by atoms with Crippen molar-refractivity contribution in [2.24, 2.45) is 11.8 Å². The van der Waals surface area contributed by atoms with Gasteiger partial charge in [0, 0.05) is 6.20 Å². The molecule has 0 bridgehead atoms. The summed E-state index contributed by atoms with van der Waals surface area (Å²) in [5.41, 5.74) is 0.233. The number of anilines is 1. The van der Waals surface area contributed by atoms with E-state index in [1.807, 2.05) is 51.2 Å². The van der Waals surface area contributed by atoms with Gasteiger partial charge in [-0.25, -0.2) is 4.79 Å². The Kier molecular flexibility index (Phi) is 7.13. The summed E-state index contributed by atoms with van der Waals surface area (Å²) in [5.74, 6) is 1.91. The monoisotopic (exact) mass is 359 g/mol. The van der Waals surface area contributed by atoms with Crippen LogP contribution >= 0.6 is 0 Å². The zero-order valence-electron chi connectivity index (χ0n) is 16.8. The van der Waals surface area contributed by atoms with Gasteiger partial charge >= 0.3 is 6.09 Å². The molecule has 4 heteroatoms.